The lowest BCUT2D eigenvalue weighted by atomic mass is 10.1. The summed E-state index contributed by atoms with van der Waals surface area (Å²) in [6.45, 7) is 0. The Balaban J connectivity index is 1.49. The van der Waals surface area contributed by atoms with Crippen molar-refractivity contribution in [1.82, 2.24) is 4.98 Å². The molecule has 2 aromatic carbocycles. The number of benzene rings is 2. The zero-order valence-electron chi connectivity index (χ0n) is 16.3. The van der Waals surface area contributed by atoms with Crippen molar-refractivity contribution in [2.24, 2.45) is 0 Å². The van der Waals surface area contributed by atoms with E-state index in [1.54, 1.807) is 39.5 Å². The minimum absolute atomic E-state index is 0.250. The summed E-state index contributed by atoms with van der Waals surface area (Å²) >= 11 is 1.51. The van der Waals surface area contributed by atoms with E-state index in [1.165, 1.54) is 27.9 Å². The number of aromatic nitrogens is 1. The number of hydrogen-bond acceptors (Lipinski definition) is 6. The average Bonchev–Trinajstić information content (AvgIpc) is 3.28. The molecule has 4 rings (SSSR count). The Morgan fingerprint density at radius 2 is 1.83 bits per heavy atom. The summed E-state index contributed by atoms with van der Waals surface area (Å²) < 4.78 is 16.0. The summed E-state index contributed by atoms with van der Waals surface area (Å²) in [5.41, 5.74) is 4.15. The van der Waals surface area contributed by atoms with E-state index in [1.807, 2.05) is 12.1 Å². The second-order valence-corrected chi connectivity index (χ2v) is 7.49. The van der Waals surface area contributed by atoms with Crippen molar-refractivity contribution < 1.29 is 19.0 Å². The zero-order chi connectivity index (χ0) is 20.4. The Morgan fingerprint density at radius 3 is 2.52 bits per heavy atom. The van der Waals surface area contributed by atoms with Gasteiger partial charge >= 0.3 is 0 Å². The van der Waals surface area contributed by atoms with E-state index in [9.17, 15) is 4.79 Å². The second kappa shape index (κ2) is 7.97. The van der Waals surface area contributed by atoms with E-state index >= 15 is 0 Å². The molecule has 0 atom stereocenters. The molecule has 0 radical (unpaired) electrons. The van der Waals surface area contributed by atoms with Crippen LogP contribution in [-0.4, -0.2) is 32.2 Å². The van der Waals surface area contributed by atoms with Gasteiger partial charge in [-0.3, -0.25) is 10.1 Å². The van der Waals surface area contributed by atoms with Gasteiger partial charge in [0.2, 0.25) is 11.7 Å². The van der Waals surface area contributed by atoms with E-state index in [-0.39, 0.29) is 5.91 Å². The standard InChI is InChI=1S/C22H20N2O4S/c1-26-16-10-13(11-17(27-2)21(16)28-3)8-9-19(25)23-22-24-20-15-7-5-4-6-14(15)12-18(20)29-22/h4-11H,12H2,1-3H3,(H,23,24,25)/b9-8+. The Morgan fingerprint density at radius 1 is 1.10 bits per heavy atom. The van der Waals surface area contributed by atoms with Crippen LogP contribution in [0.15, 0.2) is 42.5 Å². The van der Waals surface area contributed by atoms with E-state index < -0.39 is 0 Å². The fraction of sp³-hybridized carbons (Fsp3) is 0.182. The van der Waals surface area contributed by atoms with Crippen molar-refractivity contribution in [3.8, 4) is 28.5 Å². The number of rotatable bonds is 6. The third-order valence-electron chi connectivity index (χ3n) is 4.67. The molecule has 1 heterocycles. The monoisotopic (exact) mass is 408 g/mol. The van der Waals surface area contributed by atoms with Crippen LogP contribution in [0, 0.1) is 0 Å². The fourth-order valence-electron chi connectivity index (χ4n) is 3.33. The molecular weight excluding hydrogens is 388 g/mol. The molecule has 1 N–H and O–H groups in total. The average molecular weight is 408 g/mol. The quantitative estimate of drug-likeness (QED) is 0.479. The molecule has 1 aliphatic rings. The maximum atomic E-state index is 12.4. The highest BCUT2D eigenvalue weighted by Gasteiger charge is 2.23. The number of thiazole rings is 1. The number of fused-ring (bicyclic) bond motifs is 3. The predicted octanol–water partition coefficient (Wildman–Crippen LogP) is 4.39. The smallest absolute Gasteiger partial charge is 0.250 e. The first-order chi connectivity index (χ1) is 14.1. The van der Waals surface area contributed by atoms with Crippen LogP contribution in [0.1, 0.15) is 16.0 Å². The summed E-state index contributed by atoms with van der Waals surface area (Å²) in [4.78, 5) is 18.1. The third-order valence-corrected chi connectivity index (χ3v) is 5.64. The Labute approximate surface area is 172 Å². The molecule has 0 bridgehead atoms. The number of nitrogens with zero attached hydrogens (tertiary/aromatic N) is 1. The molecule has 29 heavy (non-hydrogen) atoms. The lowest BCUT2D eigenvalue weighted by Crippen LogP contribution is -2.07. The molecule has 7 heteroatoms. The molecular formula is C22H20N2O4S. The van der Waals surface area contributed by atoms with Gasteiger partial charge in [0.25, 0.3) is 0 Å². The van der Waals surface area contributed by atoms with Gasteiger partial charge in [-0.15, -0.1) is 11.3 Å². The lowest BCUT2D eigenvalue weighted by molar-refractivity contribution is -0.111. The first-order valence-electron chi connectivity index (χ1n) is 9.00. The maximum absolute atomic E-state index is 12.4. The first-order valence-corrected chi connectivity index (χ1v) is 9.81. The number of carbonyl (C=O) groups excluding carboxylic acids is 1. The fourth-order valence-corrected chi connectivity index (χ4v) is 4.33. The van der Waals surface area contributed by atoms with E-state index in [0.717, 1.165) is 23.2 Å². The molecule has 0 saturated carbocycles. The molecule has 0 saturated heterocycles. The number of amides is 1. The molecule has 0 aliphatic heterocycles. The van der Waals surface area contributed by atoms with Crippen LogP contribution in [0.4, 0.5) is 5.13 Å². The molecule has 6 nitrogen and oxygen atoms in total. The normalized spacial score (nSPS) is 11.8. The molecule has 0 spiro atoms. The van der Waals surface area contributed by atoms with E-state index in [2.05, 4.69) is 22.4 Å². The Bertz CT molecular complexity index is 1080. The molecule has 1 aliphatic carbocycles. The number of methoxy groups -OCH3 is 3. The van der Waals surface area contributed by atoms with Crippen LogP contribution in [0.3, 0.4) is 0 Å². The van der Waals surface area contributed by atoms with Crippen molar-refractivity contribution in [2.75, 3.05) is 26.6 Å². The predicted molar refractivity (Wildman–Crippen MR) is 114 cm³/mol. The van der Waals surface area contributed by atoms with Gasteiger partial charge in [0, 0.05) is 22.9 Å². The van der Waals surface area contributed by atoms with Gasteiger partial charge in [-0.25, -0.2) is 4.98 Å². The minimum atomic E-state index is -0.250. The van der Waals surface area contributed by atoms with Crippen LogP contribution in [-0.2, 0) is 11.2 Å². The Hall–Kier alpha value is -3.32. The van der Waals surface area contributed by atoms with Crippen LogP contribution in [0.25, 0.3) is 17.3 Å². The second-order valence-electron chi connectivity index (χ2n) is 6.41. The van der Waals surface area contributed by atoms with Gasteiger partial charge in [-0.2, -0.15) is 0 Å². The minimum Gasteiger partial charge on any atom is -0.493 e. The van der Waals surface area contributed by atoms with E-state index in [4.69, 9.17) is 14.2 Å². The first kappa shape index (κ1) is 19.0. The lowest BCUT2D eigenvalue weighted by Gasteiger charge is -2.12. The summed E-state index contributed by atoms with van der Waals surface area (Å²) in [6.07, 6.45) is 4.01. The van der Waals surface area contributed by atoms with Crippen molar-refractivity contribution in [3.05, 3.63) is 58.5 Å². The SMILES string of the molecule is COc1cc(/C=C/C(=O)Nc2nc3c(s2)Cc2ccccc2-3)cc(OC)c1OC. The summed E-state index contributed by atoms with van der Waals surface area (Å²) in [5.74, 6) is 1.32. The largest absolute Gasteiger partial charge is 0.493 e. The summed E-state index contributed by atoms with van der Waals surface area (Å²) in [6, 6.07) is 11.8. The van der Waals surface area contributed by atoms with Crippen LogP contribution >= 0.6 is 11.3 Å². The summed E-state index contributed by atoms with van der Waals surface area (Å²) in [5, 5.41) is 3.45. The van der Waals surface area contributed by atoms with Crippen LogP contribution < -0.4 is 19.5 Å². The van der Waals surface area contributed by atoms with Crippen molar-refractivity contribution in [3.63, 3.8) is 0 Å². The van der Waals surface area contributed by atoms with Crippen LogP contribution in [0.2, 0.25) is 0 Å². The van der Waals surface area contributed by atoms with Gasteiger partial charge in [-0.05, 0) is 29.3 Å². The molecule has 3 aromatic rings. The zero-order valence-corrected chi connectivity index (χ0v) is 17.1. The number of ether oxygens (including phenoxy) is 3. The summed E-state index contributed by atoms with van der Waals surface area (Å²) in [7, 11) is 4.65. The van der Waals surface area contributed by atoms with Crippen molar-refractivity contribution in [2.45, 2.75) is 6.42 Å². The van der Waals surface area contributed by atoms with Crippen molar-refractivity contribution in [1.29, 1.82) is 0 Å². The van der Waals surface area contributed by atoms with Gasteiger partial charge in [0.05, 0.1) is 27.0 Å². The third kappa shape index (κ3) is 3.69. The topological polar surface area (TPSA) is 69.7 Å². The van der Waals surface area contributed by atoms with Gasteiger partial charge < -0.3 is 14.2 Å². The number of nitrogens with one attached hydrogen (secondary N) is 1. The highest BCUT2D eigenvalue weighted by atomic mass is 32.1. The molecule has 1 aromatic heterocycles. The van der Waals surface area contributed by atoms with Gasteiger partial charge in [0.15, 0.2) is 16.6 Å². The van der Waals surface area contributed by atoms with Crippen molar-refractivity contribution >= 4 is 28.5 Å². The number of anilines is 1. The highest BCUT2D eigenvalue weighted by Crippen LogP contribution is 2.41. The van der Waals surface area contributed by atoms with E-state index in [0.29, 0.717) is 22.4 Å². The maximum Gasteiger partial charge on any atom is 0.250 e. The highest BCUT2D eigenvalue weighted by molar-refractivity contribution is 7.16. The molecule has 1 amide bonds. The molecule has 0 unspecified atom stereocenters. The number of carbonyl (C=O) groups is 1. The number of hydrogen-bond donors (Lipinski definition) is 1. The van der Waals surface area contributed by atoms with Crippen LogP contribution in [0.5, 0.6) is 17.2 Å². The molecule has 148 valence electrons. The molecule has 0 fully saturated rings. The Kier molecular flexibility index (Phi) is 5.22. The van der Waals surface area contributed by atoms with Gasteiger partial charge in [0.1, 0.15) is 0 Å². The van der Waals surface area contributed by atoms with Gasteiger partial charge in [-0.1, -0.05) is 24.3 Å².